The van der Waals surface area contributed by atoms with Gasteiger partial charge >= 0.3 is 0 Å². The summed E-state index contributed by atoms with van der Waals surface area (Å²) in [5.74, 6) is -0.530. The molecule has 9 heteroatoms. The van der Waals surface area contributed by atoms with Crippen molar-refractivity contribution in [2.24, 2.45) is 0 Å². The van der Waals surface area contributed by atoms with Crippen LogP contribution in [-0.2, 0) is 11.2 Å². The second-order valence-electron chi connectivity index (χ2n) is 7.86. The first-order valence-electron chi connectivity index (χ1n) is 10.1. The summed E-state index contributed by atoms with van der Waals surface area (Å²) in [5.41, 5.74) is 2.19. The molecule has 1 saturated heterocycles. The lowest BCUT2D eigenvalue weighted by atomic mass is 9.92. The molecule has 0 aliphatic carbocycles. The average molecular weight is 480 g/mol. The van der Waals surface area contributed by atoms with Gasteiger partial charge in [-0.3, -0.25) is 0 Å². The fraction of sp³-hybridized carbons (Fsp3) is 0.348. The molecule has 1 aliphatic rings. The molecule has 5 unspecified atom stereocenters. The Bertz CT molecular complexity index is 1060. The van der Waals surface area contributed by atoms with Crippen LogP contribution in [0.5, 0.6) is 0 Å². The molecule has 0 bridgehead atoms. The molecular formula is C23H23ClFNO5S. The lowest BCUT2D eigenvalue weighted by molar-refractivity contribution is -0.162. The van der Waals surface area contributed by atoms with Crippen LogP contribution in [-0.4, -0.2) is 56.4 Å². The summed E-state index contributed by atoms with van der Waals surface area (Å²) >= 11 is 7.95. The molecule has 1 aliphatic heterocycles. The molecule has 3 heterocycles. The normalized spacial score (nSPS) is 26.5. The first kappa shape index (κ1) is 23.3. The molecule has 2 aromatic heterocycles. The van der Waals surface area contributed by atoms with Gasteiger partial charge in [0.25, 0.3) is 0 Å². The molecule has 32 heavy (non-hydrogen) atoms. The van der Waals surface area contributed by atoms with Crippen LogP contribution in [0.3, 0.4) is 0 Å². The molecule has 4 N–H and O–H groups in total. The highest BCUT2D eigenvalue weighted by atomic mass is 35.5. The number of ether oxygens (including phenoxy) is 1. The number of pyridine rings is 1. The third-order valence-corrected chi connectivity index (χ3v) is 6.98. The average Bonchev–Trinajstić information content (AvgIpc) is 3.23. The number of aliphatic hydroxyl groups is 4. The zero-order chi connectivity index (χ0) is 22.8. The highest BCUT2D eigenvalue weighted by Gasteiger charge is 2.36. The predicted molar refractivity (Wildman–Crippen MR) is 119 cm³/mol. The Morgan fingerprint density at radius 1 is 1.06 bits per heavy atom. The van der Waals surface area contributed by atoms with Crippen LogP contribution in [0.4, 0.5) is 4.39 Å². The van der Waals surface area contributed by atoms with Gasteiger partial charge in [-0.15, -0.1) is 11.3 Å². The molecule has 4 rings (SSSR count). The van der Waals surface area contributed by atoms with Crippen molar-refractivity contribution in [2.45, 2.75) is 43.4 Å². The lowest BCUT2D eigenvalue weighted by Crippen LogP contribution is -2.46. The van der Waals surface area contributed by atoms with E-state index in [2.05, 4.69) is 4.98 Å². The van der Waals surface area contributed by atoms with Crippen molar-refractivity contribution in [1.82, 2.24) is 4.98 Å². The van der Waals surface area contributed by atoms with Crippen molar-refractivity contribution >= 4 is 22.9 Å². The van der Waals surface area contributed by atoms with Gasteiger partial charge in [0.1, 0.15) is 18.3 Å². The van der Waals surface area contributed by atoms with Crippen LogP contribution >= 0.6 is 22.9 Å². The Labute approximate surface area is 193 Å². The fourth-order valence-corrected chi connectivity index (χ4v) is 4.95. The largest absolute Gasteiger partial charge is 0.391 e. The van der Waals surface area contributed by atoms with Crippen LogP contribution in [0.2, 0.25) is 5.02 Å². The Balaban J connectivity index is 1.57. The molecule has 0 radical (unpaired) electrons. The smallest absolute Gasteiger partial charge is 0.212 e. The summed E-state index contributed by atoms with van der Waals surface area (Å²) in [5, 5.41) is 41.3. The number of aromatic nitrogens is 1. The first-order chi connectivity index (χ1) is 15.3. The molecule has 0 saturated carbocycles. The summed E-state index contributed by atoms with van der Waals surface area (Å²) in [6, 6.07) is 12.1. The van der Waals surface area contributed by atoms with Gasteiger partial charge in [-0.25, -0.2) is 4.98 Å². The SMILES string of the molecule is OC1COC(c2ccc(Cl)c(Cc3ccc(-c4ccc(F)nc4)s3)c2)C(O)C(O)C(O)C1. The van der Waals surface area contributed by atoms with Crippen LogP contribution in [0.25, 0.3) is 10.4 Å². The number of halogens is 2. The van der Waals surface area contributed by atoms with Crippen molar-refractivity contribution in [3.05, 3.63) is 75.6 Å². The van der Waals surface area contributed by atoms with Crippen molar-refractivity contribution < 1.29 is 29.6 Å². The molecular weight excluding hydrogens is 457 g/mol. The molecule has 1 fully saturated rings. The van der Waals surface area contributed by atoms with Crippen LogP contribution in [0, 0.1) is 5.95 Å². The third-order valence-electron chi connectivity index (χ3n) is 5.47. The summed E-state index contributed by atoms with van der Waals surface area (Å²) in [6.07, 6.45) is -4.06. The van der Waals surface area contributed by atoms with E-state index >= 15 is 0 Å². The van der Waals surface area contributed by atoms with E-state index in [1.54, 1.807) is 24.3 Å². The molecule has 5 atom stereocenters. The monoisotopic (exact) mass is 479 g/mol. The van der Waals surface area contributed by atoms with Crippen molar-refractivity contribution in [2.75, 3.05) is 6.61 Å². The molecule has 0 spiro atoms. The summed E-state index contributed by atoms with van der Waals surface area (Å²) < 4.78 is 18.8. The van der Waals surface area contributed by atoms with E-state index in [0.717, 1.165) is 20.9 Å². The highest BCUT2D eigenvalue weighted by Crippen LogP contribution is 2.34. The second kappa shape index (κ2) is 9.93. The maximum Gasteiger partial charge on any atom is 0.212 e. The molecule has 1 aromatic carbocycles. The van der Waals surface area contributed by atoms with E-state index in [4.69, 9.17) is 16.3 Å². The van der Waals surface area contributed by atoms with Gasteiger partial charge in [0.05, 0.1) is 18.8 Å². The zero-order valence-corrected chi connectivity index (χ0v) is 18.5. The van der Waals surface area contributed by atoms with Gasteiger partial charge in [-0.2, -0.15) is 4.39 Å². The fourth-order valence-electron chi connectivity index (χ4n) is 3.74. The van der Waals surface area contributed by atoms with Gasteiger partial charge < -0.3 is 25.2 Å². The Morgan fingerprint density at radius 2 is 1.88 bits per heavy atom. The van der Waals surface area contributed by atoms with Crippen molar-refractivity contribution in [3.8, 4) is 10.4 Å². The van der Waals surface area contributed by atoms with Crippen LogP contribution in [0.15, 0.2) is 48.7 Å². The first-order valence-corrected chi connectivity index (χ1v) is 11.3. The number of hydrogen-bond acceptors (Lipinski definition) is 7. The van der Waals surface area contributed by atoms with Gasteiger partial charge in [-0.1, -0.05) is 23.7 Å². The number of aliphatic hydroxyl groups excluding tert-OH is 4. The predicted octanol–water partition coefficient (Wildman–Crippen LogP) is 3.10. The van der Waals surface area contributed by atoms with E-state index in [1.807, 2.05) is 12.1 Å². The van der Waals surface area contributed by atoms with E-state index in [0.29, 0.717) is 17.0 Å². The minimum absolute atomic E-state index is 0.0799. The molecule has 0 amide bonds. The van der Waals surface area contributed by atoms with Gasteiger partial charge in [-0.05, 0) is 41.5 Å². The van der Waals surface area contributed by atoms with E-state index in [9.17, 15) is 24.8 Å². The highest BCUT2D eigenvalue weighted by molar-refractivity contribution is 7.15. The topological polar surface area (TPSA) is 103 Å². The van der Waals surface area contributed by atoms with Crippen molar-refractivity contribution in [1.29, 1.82) is 0 Å². The van der Waals surface area contributed by atoms with E-state index in [-0.39, 0.29) is 13.0 Å². The van der Waals surface area contributed by atoms with Crippen LogP contribution in [0.1, 0.15) is 28.5 Å². The summed E-state index contributed by atoms with van der Waals surface area (Å²) in [6.45, 7) is -0.0799. The maximum atomic E-state index is 13.1. The third kappa shape index (κ3) is 5.18. The number of nitrogens with zero attached hydrogens (tertiary/aromatic N) is 1. The standard InChI is InChI=1S/C23H23ClFNO5S/c24-17-4-1-12(23-22(30)21(29)18(28)9-15(27)11-31-23)7-14(17)8-16-3-5-19(32-16)13-2-6-20(25)26-10-13/h1-7,10,15,18,21-23,27-30H,8-9,11H2. The number of benzene rings is 1. The Hall–Kier alpha value is -1.91. The summed E-state index contributed by atoms with van der Waals surface area (Å²) in [4.78, 5) is 5.66. The van der Waals surface area contributed by atoms with E-state index in [1.165, 1.54) is 23.6 Å². The zero-order valence-electron chi connectivity index (χ0n) is 16.9. The quantitative estimate of drug-likeness (QED) is 0.429. The van der Waals surface area contributed by atoms with E-state index < -0.39 is 36.5 Å². The van der Waals surface area contributed by atoms with Gasteiger partial charge in [0.15, 0.2) is 0 Å². The Kier molecular flexibility index (Phi) is 7.21. The lowest BCUT2D eigenvalue weighted by Gasteiger charge is -2.34. The molecule has 170 valence electrons. The molecule has 6 nitrogen and oxygen atoms in total. The maximum absolute atomic E-state index is 13.1. The number of rotatable bonds is 4. The van der Waals surface area contributed by atoms with Crippen LogP contribution < -0.4 is 0 Å². The minimum atomic E-state index is -1.46. The summed E-state index contributed by atoms with van der Waals surface area (Å²) in [7, 11) is 0. The number of hydrogen-bond donors (Lipinski definition) is 4. The van der Waals surface area contributed by atoms with Crippen molar-refractivity contribution in [3.63, 3.8) is 0 Å². The second-order valence-corrected chi connectivity index (χ2v) is 9.43. The minimum Gasteiger partial charge on any atom is -0.391 e. The van der Waals surface area contributed by atoms with Gasteiger partial charge in [0.2, 0.25) is 5.95 Å². The van der Waals surface area contributed by atoms with Gasteiger partial charge in [0, 0.05) is 39.4 Å². The Morgan fingerprint density at radius 3 is 2.62 bits per heavy atom. The molecule has 3 aromatic rings. The number of thiophene rings is 1.